The molecular weight excluding hydrogens is 420 g/mol. The highest BCUT2D eigenvalue weighted by atomic mass is 32.2. The summed E-state index contributed by atoms with van der Waals surface area (Å²) in [5.41, 5.74) is 4.22. The number of morpholine rings is 1. The number of ether oxygens (including phenoxy) is 1. The lowest BCUT2D eigenvalue weighted by molar-refractivity contribution is -0.113. The third kappa shape index (κ3) is 5.46. The number of amides is 1. The molecule has 1 aromatic heterocycles. The number of hydrogen-bond acceptors (Lipinski definition) is 6. The van der Waals surface area contributed by atoms with Crippen LogP contribution in [-0.4, -0.2) is 52.8 Å². The highest BCUT2D eigenvalue weighted by Crippen LogP contribution is 2.27. The molecule has 0 atom stereocenters. The Morgan fingerprint density at radius 3 is 2.47 bits per heavy atom. The molecule has 4 rings (SSSR count). The minimum absolute atomic E-state index is 0.0111. The smallest absolute Gasteiger partial charge is 0.234 e. The summed E-state index contributed by atoms with van der Waals surface area (Å²) in [4.78, 5) is 24.8. The second-order valence-corrected chi connectivity index (χ2v) is 8.81. The van der Waals surface area contributed by atoms with Crippen molar-refractivity contribution >= 4 is 34.3 Å². The normalized spacial score (nSPS) is 14.6. The molecule has 2 aromatic carbocycles. The van der Waals surface area contributed by atoms with Crippen molar-refractivity contribution in [3.05, 3.63) is 59.4 Å². The predicted molar refractivity (Wildman–Crippen MR) is 130 cm³/mol. The van der Waals surface area contributed by atoms with Gasteiger partial charge in [0.2, 0.25) is 5.91 Å². The molecule has 6 nitrogen and oxygen atoms in total. The van der Waals surface area contributed by atoms with E-state index in [0.717, 1.165) is 66.6 Å². The van der Waals surface area contributed by atoms with Crippen LogP contribution in [0.3, 0.4) is 0 Å². The first-order chi connectivity index (χ1) is 15.7. The molecule has 0 unspecified atom stereocenters. The van der Waals surface area contributed by atoms with E-state index in [1.54, 1.807) is 0 Å². The number of nitrogens with one attached hydrogen (secondary N) is 1. The summed E-state index contributed by atoms with van der Waals surface area (Å²) < 4.78 is 5.45. The molecule has 1 saturated heterocycles. The third-order valence-electron chi connectivity index (χ3n) is 5.69. The van der Waals surface area contributed by atoms with E-state index in [1.165, 1.54) is 22.9 Å². The maximum Gasteiger partial charge on any atom is 0.234 e. The zero-order valence-corrected chi connectivity index (χ0v) is 19.6. The van der Waals surface area contributed by atoms with E-state index in [9.17, 15) is 4.79 Å². The lowest BCUT2D eigenvalue weighted by Crippen LogP contribution is -2.36. The van der Waals surface area contributed by atoms with Crippen LogP contribution in [0.5, 0.6) is 0 Å². The van der Waals surface area contributed by atoms with Gasteiger partial charge in [-0.1, -0.05) is 62.0 Å². The summed E-state index contributed by atoms with van der Waals surface area (Å²) in [7, 11) is 0. The van der Waals surface area contributed by atoms with Gasteiger partial charge in [-0.25, -0.2) is 9.97 Å². The molecule has 32 heavy (non-hydrogen) atoms. The van der Waals surface area contributed by atoms with Gasteiger partial charge < -0.3 is 10.1 Å². The first-order valence-corrected chi connectivity index (χ1v) is 12.3. The van der Waals surface area contributed by atoms with Gasteiger partial charge in [0.05, 0.1) is 31.0 Å². The van der Waals surface area contributed by atoms with Gasteiger partial charge in [-0.15, -0.1) is 0 Å². The van der Waals surface area contributed by atoms with Gasteiger partial charge in [0.25, 0.3) is 0 Å². The second kappa shape index (κ2) is 10.9. The maximum atomic E-state index is 12.9. The first-order valence-electron chi connectivity index (χ1n) is 11.3. The average molecular weight is 451 g/mol. The maximum absolute atomic E-state index is 12.9. The van der Waals surface area contributed by atoms with Gasteiger partial charge in [0.1, 0.15) is 10.9 Å². The monoisotopic (exact) mass is 450 g/mol. The SMILES string of the molecule is CCc1cccc(CC)c1NC(=O)CSc1nc(CN2CCOCC2)nc2ccccc12. The number of para-hydroxylation sites is 2. The lowest BCUT2D eigenvalue weighted by Gasteiger charge is -2.25. The largest absolute Gasteiger partial charge is 0.379 e. The van der Waals surface area contributed by atoms with Gasteiger partial charge in [-0.3, -0.25) is 9.69 Å². The zero-order chi connectivity index (χ0) is 22.3. The fourth-order valence-corrected chi connectivity index (χ4v) is 4.78. The van der Waals surface area contributed by atoms with E-state index in [-0.39, 0.29) is 5.91 Å². The second-order valence-electron chi connectivity index (χ2n) is 7.85. The van der Waals surface area contributed by atoms with Crippen LogP contribution in [-0.2, 0) is 28.9 Å². The number of aryl methyl sites for hydroxylation is 2. The Kier molecular flexibility index (Phi) is 7.73. The van der Waals surface area contributed by atoms with Crippen molar-refractivity contribution < 1.29 is 9.53 Å². The van der Waals surface area contributed by atoms with Gasteiger partial charge in [0, 0.05) is 24.2 Å². The minimum atomic E-state index is -0.0111. The molecule has 0 bridgehead atoms. The van der Waals surface area contributed by atoms with E-state index in [2.05, 4.69) is 42.3 Å². The highest BCUT2D eigenvalue weighted by Gasteiger charge is 2.16. The van der Waals surface area contributed by atoms with Crippen LogP contribution in [0.15, 0.2) is 47.5 Å². The third-order valence-corrected chi connectivity index (χ3v) is 6.68. The van der Waals surface area contributed by atoms with Crippen molar-refractivity contribution in [3.8, 4) is 0 Å². The summed E-state index contributed by atoms with van der Waals surface area (Å²) in [5, 5.41) is 4.99. The Bertz CT molecular complexity index is 1060. The first kappa shape index (κ1) is 22.7. The molecule has 1 aliphatic rings. The van der Waals surface area contributed by atoms with Crippen molar-refractivity contribution in [2.45, 2.75) is 38.3 Å². The number of carbonyl (C=O) groups is 1. The lowest BCUT2D eigenvalue weighted by atomic mass is 10.0. The van der Waals surface area contributed by atoms with Crippen LogP contribution in [0.2, 0.25) is 0 Å². The Balaban J connectivity index is 1.50. The van der Waals surface area contributed by atoms with Crippen LogP contribution >= 0.6 is 11.8 Å². The van der Waals surface area contributed by atoms with E-state index in [4.69, 9.17) is 14.7 Å². The van der Waals surface area contributed by atoms with Crippen LogP contribution in [0.25, 0.3) is 10.9 Å². The molecule has 0 radical (unpaired) electrons. The number of fused-ring (bicyclic) bond motifs is 1. The van der Waals surface area contributed by atoms with Crippen molar-refractivity contribution in [2.24, 2.45) is 0 Å². The number of aromatic nitrogens is 2. The summed E-state index contributed by atoms with van der Waals surface area (Å²) >= 11 is 1.47. The number of rotatable bonds is 8. The van der Waals surface area contributed by atoms with E-state index >= 15 is 0 Å². The Morgan fingerprint density at radius 1 is 1.03 bits per heavy atom. The quantitative estimate of drug-likeness (QED) is 0.407. The molecule has 2 heterocycles. The summed E-state index contributed by atoms with van der Waals surface area (Å²) in [6.45, 7) is 8.18. The van der Waals surface area contributed by atoms with E-state index in [1.807, 2.05) is 24.3 Å². The number of benzene rings is 2. The predicted octanol–water partition coefficient (Wildman–Crippen LogP) is 4.32. The zero-order valence-electron chi connectivity index (χ0n) is 18.8. The molecule has 0 spiro atoms. The Morgan fingerprint density at radius 2 is 1.75 bits per heavy atom. The molecule has 7 heteroatoms. The molecule has 1 amide bonds. The van der Waals surface area contributed by atoms with Crippen LogP contribution in [0.4, 0.5) is 5.69 Å². The number of anilines is 1. The number of thioether (sulfide) groups is 1. The summed E-state index contributed by atoms with van der Waals surface area (Å²) in [6, 6.07) is 14.2. The van der Waals surface area contributed by atoms with Crippen molar-refractivity contribution in [3.63, 3.8) is 0 Å². The van der Waals surface area contributed by atoms with Gasteiger partial charge in [-0.05, 0) is 30.0 Å². The van der Waals surface area contributed by atoms with Crippen LogP contribution in [0, 0.1) is 0 Å². The molecular formula is C25H30N4O2S. The fourth-order valence-electron chi connectivity index (χ4n) is 3.95. The Labute approximate surface area is 193 Å². The molecule has 1 N–H and O–H groups in total. The number of hydrogen-bond donors (Lipinski definition) is 1. The summed E-state index contributed by atoms with van der Waals surface area (Å²) in [5.74, 6) is 1.08. The molecule has 1 fully saturated rings. The Hall–Kier alpha value is -2.48. The van der Waals surface area contributed by atoms with E-state index < -0.39 is 0 Å². The minimum Gasteiger partial charge on any atom is -0.379 e. The number of carbonyl (C=O) groups excluding carboxylic acids is 1. The molecule has 0 saturated carbocycles. The van der Waals surface area contributed by atoms with Gasteiger partial charge in [-0.2, -0.15) is 0 Å². The molecule has 168 valence electrons. The van der Waals surface area contributed by atoms with Gasteiger partial charge in [0.15, 0.2) is 0 Å². The van der Waals surface area contributed by atoms with Crippen molar-refractivity contribution in [1.29, 1.82) is 0 Å². The van der Waals surface area contributed by atoms with E-state index in [0.29, 0.717) is 12.3 Å². The topological polar surface area (TPSA) is 67.4 Å². The molecule has 1 aliphatic heterocycles. The average Bonchev–Trinajstić information content (AvgIpc) is 2.83. The highest BCUT2D eigenvalue weighted by molar-refractivity contribution is 8.00. The molecule has 3 aromatic rings. The van der Waals surface area contributed by atoms with Crippen molar-refractivity contribution in [2.75, 3.05) is 37.4 Å². The van der Waals surface area contributed by atoms with Crippen LogP contribution in [0.1, 0.15) is 30.8 Å². The number of nitrogens with zero attached hydrogens (tertiary/aromatic N) is 3. The summed E-state index contributed by atoms with van der Waals surface area (Å²) in [6.07, 6.45) is 1.77. The van der Waals surface area contributed by atoms with Crippen molar-refractivity contribution in [1.82, 2.24) is 14.9 Å². The van der Waals surface area contributed by atoms with Crippen LogP contribution < -0.4 is 5.32 Å². The fraction of sp³-hybridized carbons (Fsp3) is 0.400. The standard InChI is InChI=1S/C25H30N4O2S/c1-3-18-8-7-9-19(4-2)24(18)28-23(30)17-32-25-20-10-5-6-11-21(20)26-22(27-25)16-29-12-14-31-15-13-29/h5-11H,3-4,12-17H2,1-2H3,(H,28,30). The van der Waals surface area contributed by atoms with Gasteiger partial charge >= 0.3 is 0 Å². The molecule has 0 aliphatic carbocycles.